The largest absolute Gasteiger partial charge is 0.480 e. The zero-order valence-corrected chi connectivity index (χ0v) is 13.7. The fourth-order valence-corrected chi connectivity index (χ4v) is 4.00. The Kier molecular flexibility index (Phi) is 6.06. The zero-order chi connectivity index (χ0) is 15.3. The molecule has 0 aromatic carbocycles. The van der Waals surface area contributed by atoms with Crippen molar-refractivity contribution < 1.29 is 9.90 Å². The third-order valence-corrected chi connectivity index (χ3v) is 5.61. The first-order chi connectivity index (χ1) is 10.1. The van der Waals surface area contributed by atoms with Gasteiger partial charge in [0.1, 0.15) is 5.54 Å². The van der Waals surface area contributed by atoms with Gasteiger partial charge in [-0.15, -0.1) is 0 Å². The lowest BCUT2D eigenvalue weighted by molar-refractivity contribution is -0.145. The molecular weight excluding hydrogens is 264 g/mol. The van der Waals surface area contributed by atoms with E-state index in [4.69, 9.17) is 0 Å². The van der Waals surface area contributed by atoms with Crippen LogP contribution in [-0.2, 0) is 4.79 Å². The molecule has 0 aliphatic heterocycles. The molecule has 2 aliphatic rings. The molecule has 2 saturated carbocycles. The summed E-state index contributed by atoms with van der Waals surface area (Å²) in [5.41, 5.74) is -0.838. The molecular formula is C17H32N2O2. The summed E-state index contributed by atoms with van der Waals surface area (Å²) in [6.45, 7) is 2.46. The molecule has 122 valence electrons. The Morgan fingerprint density at radius 3 is 1.81 bits per heavy atom. The summed E-state index contributed by atoms with van der Waals surface area (Å²) in [6.07, 6.45) is 12.9. The van der Waals surface area contributed by atoms with Gasteiger partial charge in [-0.25, -0.2) is 0 Å². The van der Waals surface area contributed by atoms with Crippen LogP contribution in [-0.4, -0.2) is 47.2 Å². The molecule has 2 N–H and O–H groups in total. The number of hydrogen-bond acceptors (Lipinski definition) is 3. The molecule has 0 spiro atoms. The van der Waals surface area contributed by atoms with Crippen molar-refractivity contribution in [2.75, 3.05) is 13.6 Å². The van der Waals surface area contributed by atoms with Gasteiger partial charge in [-0.1, -0.05) is 38.5 Å². The Labute approximate surface area is 129 Å². The highest BCUT2D eigenvalue weighted by atomic mass is 16.4. The number of carboxylic acid groups (broad SMARTS) is 1. The maximum atomic E-state index is 11.7. The van der Waals surface area contributed by atoms with Gasteiger partial charge in [-0.05, 0) is 39.7 Å². The molecule has 1 unspecified atom stereocenters. The number of carboxylic acids is 1. The second-order valence-corrected chi connectivity index (χ2v) is 7.14. The van der Waals surface area contributed by atoms with E-state index in [1.807, 2.05) is 6.92 Å². The fraction of sp³-hybridized carbons (Fsp3) is 0.941. The maximum Gasteiger partial charge on any atom is 0.324 e. The molecule has 0 aromatic heterocycles. The number of aliphatic carboxylic acids is 1. The van der Waals surface area contributed by atoms with Crippen LogP contribution in [0.1, 0.15) is 71.1 Å². The highest BCUT2D eigenvalue weighted by Gasteiger charge is 2.38. The summed E-state index contributed by atoms with van der Waals surface area (Å²) in [5.74, 6) is -0.735. The third kappa shape index (κ3) is 4.19. The quantitative estimate of drug-likeness (QED) is 0.791. The van der Waals surface area contributed by atoms with Crippen molar-refractivity contribution in [1.82, 2.24) is 10.2 Å². The van der Waals surface area contributed by atoms with Gasteiger partial charge in [0.2, 0.25) is 0 Å². The Bertz CT molecular complexity index is 318. The molecule has 4 heteroatoms. The van der Waals surface area contributed by atoms with Crippen LogP contribution in [0.25, 0.3) is 0 Å². The van der Waals surface area contributed by atoms with E-state index in [-0.39, 0.29) is 0 Å². The van der Waals surface area contributed by atoms with E-state index in [2.05, 4.69) is 10.2 Å². The van der Waals surface area contributed by atoms with E-state index in [9.17, 15) is 9.90 Å². The first kappa shape index (κ1) is 16.8. The number of nitrogens with one attached hydrogen (secondary N) is 1. The average molecular weight is 296 g/mol. The molecule has 0 radical (unpaired) electrons. The van der Waals surface area contributed by atoms with Gasteiger partial charge in [0.25, 0.3) is 0 Å². The topological polar surface area (TPSA) is 52.6 Å². The van der Waals surface area contributed by atoms with Crippen molar-refractivity contribution in [3.05, 3.63) is 0 Å². The lowest BCUT2D eigenvalue weighted by atomic mass is 9.87. The molecule has 4 nitrogen and oxygen atoms in total. The van der Waals surface area contributed by atoms with E-state index in [0.29, 0.717) is 18.6 Å². The molecule has 0 amide bonds. The Hall–Kier alpha value is -0.610. The van der Waals surface area contributed by atoms with E-state index in [0.717, 1.165) is 0 Å². The van der Waals surface area contributed by atoms with Crippen molar-refractivity contribution in [3.63, 3.8) is 0 Å². The van der Waals surface area contributed by atoms with Crippen LogP contribution in [0.4, 0.5) is 0 Å². The Balaban J connectivity index is 2.11. The molecule has 0 bridgehead atoms. The highest BCUT2D eigenvalue weighted by Crippen LogP contribution is 2.31. The maximum absolute atomic E-state index is 11.7. The fourth-order valence-electron chi connectivity index (χ4n) is 4.00. The van der Waals surface area contributed by atoms with Gasteiger partial charge in [-0.2, -0.15) is 0 Å². The molecule has 0 heterocycles. The third-order valence-electron chi connectivity index (χ3n) is 5.61. The van der Waals surface area contributed by atoms with E-state index in [1.165, 1.54) is 64.2 Å². The smallest absolute Gasteiger partial charge is 0.324 e. The summed E-state index contributed by atoms with van der Waals surface area (Å²) in [4.78, 5) is 14.2. The predicted octanol–water partition coefficient (Wildman–Crippen LogP) is 3.02. The molecule has 2 aliphatic carbocycles. The van der Waals surface area contributed by atoms with E-state index in [1.54, 1.807) is 7.05 Å². The summed E-state index contributed by atoms with van der Waals surface area (Å²) < 4.78 is 0. The van der Waals surface area contributed by atoms with Gasteiger partial charge in [0.05, 0.1) is 0 Å². The molecule has 21 heavy (non-hydrogen) atoms. The minimum Gasteiger partial charge on any atom is -0.480 e. The van der Waals surface area contributed by atoms with E-state index < -0.39 is 11.5 Å². The average Bonchev–Trinajstić information content (AvgIpc) is 2.54. The van der Waals surface area contributed by atoms with Gasteiger partial charge in [0.15, 0.2) is 0 Å². The molecule has 1 atom stereocenters. The standard InChI is InChI=1S/C17H32N2O2/c1-17(18-2,16(20)21)13-19(14-9-5-3-6-10-14)15-11-7-4-8-12-15/h14-15,18H,3-13H2,1-2H3,(H,20,21). The van der Waals surface area contributed by atoms with Crippen LogP contribution in [0.3, 0.4) is 0 Å². The summed E-state index contributed by atoms with van der Waals surface area (Å²) >= 11 is 0. The minimum absolute atomic E-state index is 0.592. The highest BCUT2D eigenvalue weighted by molar-refractivity contribution is 5.78. The van der Waals surface area contributed by atoms with Crippen LogP contribution in [0, 0.1) is 0 Å². The SMILES string of the molecule is CNC(C)(CN(C1CCCCC1)C1CCCCC1)C(=O)O. The summed E-state index contributed by atoms with van der Waals surface area (Å²) in [5, 5.41) is 12.6. The molecule has 2 fully saturated rings. The van der Waals surface area contributed by atoms with Crippen LogP contribution in [0.15, 0.2) is 0 Å². The van der Waals surface area contributed by atoms with Crippen molar-refractivity contribution in [2.24, 2.45) is 0 Å². The van der Waals surface area contributed by atoms with Crippen molar-refractivity contribution in [3.8, 4) is 0 Å². The Morgan fingerprint density at radius 2 is 1.48 bits per heavy atom. The second-order valence-electron chi connectivity index (χ2n) is 7.14. The van der Waals surface area contributed by atoms with Crippen LogP contribution >= 0.6 is 0 Å². The Morgan fingerprint density at radius 1 is 1.05 bits per heavy atom. The van der Waals surface area contributed by atoms with Gasteiger partial charge in [0, 0.05) is 18.6 Å². The van der Waals surface area contributed by atoms with Crippen molar-refractivity contribution in [2.45, 2.75) is 88.8 Å². The van der Waals surface area contributed by atoms with Gasteiger partial charge >= 0.3 is 5.97 Å². The van der Waals surface area contributed by atoms with E-state index >= 15 is 0 Å². The van der Waals surface area contributed by atoms with Crippen LogP contribution in [0.2, 0.25) is 0 Å². The van der Waals surface area contributed by atoms with Gasteiger partial charge < -0.3 is 10.4 Å². The monoisotopic (exact) mass is 296 g/mol. The molecule has 0 aromatic rings. The lowest BCUT2D eigenvalue weighted by Gasteiger charge is -2.45. The zero-order valence-electron chi connectivity index (χ0n) is 13.7. The number of carbonyl (C=O) groups is 1. The molecule has 2 rings (SSSR count). The normalized spacial score (nSPS) is 24.9. The summed E-state index contributed by atoms with van der Waals surface area (Å²) in [6, 6.07) is 1.18. The van der Waals surface area contributed by atoms with Crippen molar-refractivity contribution in [1.29, 1.82) is 0 Å². The van der Waals surface area contributed by atoms with Crippen LogP contribution in [0.5, 0.6) is 0 Å². The predicted molar refractivity (Wildman–Crippen MR) is 85.6 cm³/mol. The van der Waals surface area contributed by atoms with Gasteiger partial charge in [-0.3, -0.25) is 9.69 Å². The first-order valence-corrected chi connectivity index (χ1v) is 8.75. The first-order valence-electron chi connectivity index (χ1n) is 8.75. The number of hydrogen-bond donors (Lipinski definition) is 2. The van der Waals surface area contributed by atoms with Crippen LogP contribution < -0.4 is 5.32 Å². The number of likely N-dealkylation sites (N-methyl/N-ethyl adjacent to an activating group) is 1. The van der Waals surface area contributed by atoms with Crippen molar-refractivity contribution >= 4 is 5.97 Å². The lowest BCUT2D eigenvalue weighted by Crippen LogP contribution is -2.59. The minimum atomic E-state index is -0.838. The number of rotatable bonds is 6. The second kappa shape index (κ2) is 7.59. The summed E-state index contributed by atoms with van der Waals surface area (Å²) in [7, 11) is 1.77. The number of nitrogens with zero attached hydrogens (tertiary/aromatic N) is 1. The molecule has 0 saturated heterocycles.